The van der Waals surface area contributed by atoms with Crippen LogP contribution < -0.4 is 0 Å². The smallest absolute Gasteiger partial charge is 0.0133 e. The fourth-order valence-corrected chi connectivity index (χ4v) is 2.56. The number of hydrogen-bond acceptors (Lipinski definition) is 0. The molecule has 0 saturated heterocycles. The Morgan fingerprint density at radius 2 is 2.13 bits per heavy atom. The molecule has 2 aliphatic carbocycles. The molecule has 0 unspecified atom stereocenters. The molecule has 0 radical (unpaired) electrons. The fourth-order valence-electron chi connectivity index (χ4n) is 2.56. The van der Waals surface area contributed by atoms with E-state index in [4.69, 9.17) is 0 Å². The molecule has 0 atom stereocenters. The van der Waals surface area contributed by atoms with Gasteiger partial charge < -0.3 is 0 Å². The van der Waals surface area contributed by atoms with E-state index in [1.54, 1.807) is 5.57 Å². The van der Waals surface area contributed by atoms with Gasteiger partial charge in [0.1, 0.15) is 0 Å². The molecule has 0 amide bonds. The van der Waals surface area contributed by atoms with Crippen LogP contribution in [0.4, 0.5) is 0 Å². The van der Waals surface area contributed by atoms with Crippen LogP contribution in [0.5, 0.6) is 0 Å². The zero-order valence-corrected chi connectivity index (χ0v) is 9.62. The van der Waals surface area contributed by atoms with Crippen LogP contribution in [0.3, 0.4) is 0 Å². The Labute approximate surface area is 93.8 Å². The normalized spacial score (nSPS) is 21.7. The second kappa shape index (κ2) is 5.95. The van der Waals surface area contributed by atoms with Crippen molar-refractivity contribution < 1.29 is 0 Å². The summed E-state index contributed by atoms with van der Waals surface area (Å²) in [6.07, 6.45) is 22.5. The van der Waals surface area contributed by atoms with Crippen LogP contribution in [0.25, 0.3) is 0 Å². The number of rotatable bonds is 5. The van der Waals surface area contributed by atoms with Gasteiger partial charge in [0.25, 0.3) is 0 Å². The monoisotopic (exact) mass is 202 g/mol. The maximum absolute atomic E-state index is 2.47. The number of unbranched alkanes of at least 4 members (excludes halogenated alkanes) is 1. The van der Waals surface area contributed by atoms with Gasteiger partial charge in [0, 0.05) is 0 Å². The highest BCUT2D eigenvalue weighted by Gasteiger charge is 2.10. The lowest BCUT2D eigenvalue weighted by Gasteiger charge is -2.01. The highest BCUT2D eigenvalue weighted by Crippen LogP contribution is 2.26. The summed E-state index contributed by atoms with van der Waals surface area (Å²) in [5.41, 5.74) is 1.62. The summed E-state index contributed by atoms with van der Waals surface area (Å²) < 4.78 is 0. The Morgan fingerprint density at radius 3 is 2.87 bits per heavy atom. The molecule has 15 heavy (non-hydrogen) atoms. The molecule has 0 N–H and O–H groups in total. The molecule has 0 nitrogen and oxygen atoms in total. The van der Waals surface area contributed by atoms with Crippen molar-refractivity contribution in [3.05, 3.63) is 36.0 Å². The minimum atomic E-state index is 0.914. The van der Waals surface area contributed by atoms with E-state index in [2.05, 4.69) is 30.4 Å². The molecule has 2 rings (SSSR count). The van der Waals surface area contributed by atoms with Crippen molar-refractivity contribution in [2.75, 3.05) is 0 Å². The summed E-state index contributed by atoms with van der Waals surface area (Å²) >= 11 is 0. The van der Waals surface area contributed by atoms with Crippen molar-refractivity contribution in [2.45, 2.75) is 51.4 Å². The van der Waals surface area contributed by atoms with Gasteiger partial charge >= 0.3 is 0 Å². The highest BCUT2D eigenvalue weighted by molar-refractivity contribution is 5.22. The Morgan fingerprint density at radius 1 is 1.27 bits per heavy atom. The van der Waals surface area contributed by atoms with Gasteiger partial charge in [0.2, 0.25) is 0 Å². The van der Waals surface area contributed by atoms with Crippen LogP contribution in [0, 0.1) is 5.92 Å². The van der Waals surface area contributed by atoms with E-state index in [0.717, 1.165) is 5.92 Å². The van der Waals surface area contributed by atoms with E-state index in [0.29, 0.717) is 0 Å². The maximum atomic E-state index is 2.47. The topological polar surface area (TPSA) is 0 Å². The third-order valence-electron chi connectivity index (χ3n) is 3.52. The molecule has 0 aromatic rings. The lowest BCUT2D eigenvalue weighted by atomic mass is 10.0. The minimum absolute atomic E-state index is 0.914. The molecule has 0 heterocycles. The summed E-state index contributed by atoms with van der Waals surface area (Å²) in [5, 5.41) is 0. The second-order valence-corrected chi connectivity index (χ2v) is 4.82. The fraction of sp³-hybridized carbons (Fsp3) is 0.600. The van der Waals surface area contributed by atoms with Crippen molar-refractivity contribution >= 4 is 0 Å². The third-order valence-corrected chi connectivity index (χ3v) is 3.52. The first-order valence-electron chi connectivity index (χ1n) is 6.46. The molecule has 1 fully saturated rings. The molecule has 0 heteroatoms. The van der Waals surface area contributed by atoms with Gasteiger partial charge in [-0.25, -0.2) is 0 Å². The SMILES string of the molecule is C1=CCC(CCC/C=C/C2CCCC2)=C1. The van der Waals surface area contributed by atoms with Gasteiger partial charge in [-0.3, -0.25) is 0 Å². The summed E-state index contributed by atoms with van der Waals surface area (Å²) in [6, 6.07) is 0. The lowest BCUT2D eigenvalue weighted by Crippen LogP contribution is -1.85. The molecular weight excluding hydrogens is 180 g/mol. The zero-order valence-electron chi connectivity index (χ0n) is 9.62. The highest BCUT2D eigenvalue weighted by atomic mass is 14.2. The van der Waals surface area contributed by atoms with Crippen molar-refractivity contribution in [1.82, 2.24) is 0 Å². The number of hydrogen-bond donors (Lipinski definition) is 0. The average molecular weight is 202 g/mol. The standard InChI is InChI=1S/C15H22/c1(2-8-14-10-4-5-11-14)3-9-15-12-6-7-13-15/h2,6-8,12,14H,1,3-5,9-11,13H2/b8-2+. The van der Waals surface area contributed by atoms with Crippen LogP contribution in [0.2, 0.25) is 0 Å². The van der Waals surface area contributed by atoms with Crippen LogP contribution in [0.1, 0.15) is 51.4 Å². The Hall–Kier alpha value is -0.780. The summed E-state index contributed by atoms with van der Waals surface area (Å²) in [7, 11) is 0. The summed E-state index contributed by atoms with van der Waals surface area (Å²) in [4.78, 5) is 0. The molecule has 0 aliphatic heterocycles. The van der Waals surface area contributed by atoms with Gasteiger partial charge in [-0.15, -0.1) is 0 Å². The second-order valence-electron chi connectivity index (χ2n) is 4.82. The molecule has 1 saturated carbocycles. The molecule has 0 bridgehead atoms. The van der Waals surface area contributed by atoms with E-state index in [1.807, 2.05) is 0 Å². The predicted octanol–water partition coefficient (Wildman–Crippen LogP) is 4.79. The van der Waals surface area contributed by atoms with Gasteiger partial charge in [-0.05, 0) is 44.4 Å². The average Bonchev–Trinajstić information content (AvgIpc) is 2.88. The third kappa shape index (κ3) is 3.70. The van der Waals surface area contributed by atoms with Crippen LogP contribution in [0.15, 0.2) is 36.0 Å². The van der Waals surface area contributed by atoms with E-state index in [-0.39, 0.29) is 0 Å². The van der Waals surface area contributed by atoms with Crippen molar-refractivity contribution in [3.63, 3.8) is 0 Å². The van der Waals surface area contributed by atoms with Gasteiger partial charge in [0.05, 0.1) is 0 Å². The van der Waals surface area contributed by atoms with Crippen LogP contribution >= 0.6 is 0 Å². The minimum Gasteiger partial charge on any atom is -0.0882 e. The lowest BCUT2D eigenvalue weighted by molar-refractivity contribution is 0.680. The summed E-state index contributed by atoms with van der Waals surface area (Å²) in [5.74, 6) is 0.914. The predicted molar refractivity (Wildman–Crippen MR) is 66.8 cm³/mol. The molecule has 0 aromatic carbocycles. The zero-order chi connectivity index (χ0) is 10.3. The van der Waals surface area contributed by atoms with E-state index in [9.17, 15) is 0 Å². The molecule has 2 aliphatic rings. The van der Waals surface area contributed by atoms with Crippen molar-refractivity contribution in [2.24, 2.45) is 5.92 Å². The van der Waals surface area contributed by atoms with E-state index in [1.165, 1.54) is 51.4 Å². The van der Waals surface area contributed by atoms with E-state index >= 15 is 0 Å². The largest absolute Gasteiger partial charge is 0.0882 e. The Bertz CT molecular complexity index is 262. The Balaban J connectivity index is 1.54. The van der Waals surface area contributed by atoms with Crippen LogP contribution in [-0.2, 0) is 0 Å². The van der Waals surface area contributed by atoms with Crippen molar-refractivity contribution in [1.29, 1.82) is 0 Å². The first-order valence-corrected chi connectivity index (χ1v) is 6.46. The van der Waals surface area contributed by atoms with Gasteiger partial charge in [-0.2, -0.15) is 0 Å². The Kier molecular flexibility index (Phi) is 4.25. The first-order chi connectivity index (χ1) is 7.45. The van der Waals surface area contributed by atoms with Crippen LogP contribution in [-0.4, -0.2) is 0 Å². The first kappa shape index (κ1) is 10.7. The van der Waals surface area contributed by atoms with E-state index < -0.39 is 0 Å². The van der Waals surface area contributed by atoms with Crippen molar-refractivity contribution in [3.8, 4) is 0 Å². The maximum Gasteiger partial charge on any atom is -0.0133 e. The van der Waals surface area contributed by atoms with Gasteiger partial charge in [-0.1, -0.05) is 48.8 Å². The molecular formula is C15H22. The quantitative estimate of drug-likeness (QED) is 0.444. The number of allylic oxidation sites excluding steroid dienone is 6. The molecule has 0 spiro atoms. The summed E-state index contributed by atoms with van der Waals surface area (Å²) in [6.45, 7) is 0. The molecule has 82 valence electrons. The van der Waals surface area contributed by atoms with Gasteiger partial charge in [0.15, 0.2) is 0 Å². The molecule has 0 aromatic heterocycles.